The lowest BCUT2D eigenvalue weighted by atomic mass is 10.1. The summed E-state index contributed by atoms with van der Waals surface area (Å²) in [6.07, 6.45) is 1.68. The molecule has 9 heteroatoms. The van der Waals surface area contributed by atoms with E-state index >= 15 is 0 Å². The summed E-state index contributed by atoms with van der Waals surface area (Å²) in [7, 11) is 4.58. The number of hydrogen-bond donors (Lipinski definition) is 2. The van der Waals surface area contributed by atoms with Crippen LogP contribution in [0.1, 0.15) is 16.5 Å². The summed E-state index contributed by atoms with van der Waals surface area (Å²) in [6, 6.07) is 11.1. The van der Waals surface area contributed by atoms with Crippen molar-refractivity contribution >= 4 is 23.5 Å². The van der Waals surface area contributed by atoms with Gasteiger partial charge >= 0.3 is 0 Å². The fourth-order valence-electron chi connectivity index (χ4n) is 3.38. The fraction of sp³-hybridized carbons (Fsp3) is 0.238. The molecule has 4 rings (SSSR count). The molecular formula is C21H21N3O5S. The number of nitrogens with zero attached hydrogens (tertiary/aromatic N) is 2. The minimum Gasteiger partial charge on any atom is -0.502 e. The van der Waals surface area contributed by atoms with Gasteiger partial charge in [0.05, 0.1) is 38.0 Å². The molecule has 0 radical (unpaired) electrons. The molecule has 0 bridgehead atoms. The van der Waals surface area contributed by atoms with Gasteiger partial charge in [-0.3, -0.25) is 9.36 Å². The number of amides is 1. The van der Waals surface area contributed by atoms with Crippen LogP contribution in [0.15, 0.2) is 42.7 Å². The smallest absolute Gasteiger partial charge is 0.235 e. The van der Waals surface area contributed by atoms with Crippen LogP contribution in [0.5, 0.6) is 23.0 Å². The Morgan fingerprint density at radius 3 is 2.37 bits per heavy atom. The van der Waals surface area contributed by atoms with Crippen LogP contribution in [-0.4, -0.2) is 47.6 Å². The predicted molar refractivity (Wildman–Crippen MR) is 114 cm³/mol. The topological polar surface area (TPSA) is 94.8 Å². The van der Waals surface area contributed by atoms with Crippen molar-refractivity contribution in [1.29, 1.82) is 0 Å². The Kier molecular flexibility index (Phi) is 5.45. The van der Waals surface area contributed by atoms with E-state index in [2.05, 4.69) is 10.3 Å². The average molecular weight is 427 g/mol. The van der Waals surface area contributed by atoms with E-state index in [0.29, 0.717) is 17.3 Å². The van der Waals surface area contributed by atoms with Crippen molar-refractivity contribution in [2.75, 3.05) is 32.4 Å². The van der Waals surface area contributed by atoms with Crippen molar-refractivity contribution in [3.8, 4) is 28.7 Å². The van der Waals surface area contributed by atoms with Crippen molar-refractivity contribution in [2.45, 2.75) is 5.25 Å². The number of fused-ring (bicyclic) bond motifs is 1. The van der Waals surface area contributed by atoms with Crippen LogP contribution >= 0.6 is 11.8 Å². The molecule has 1 aliphatic rings. The van der Waals surface area contributed by atoms with Gasteiger partial charge in [0.15, 0.2) is 17.3 Å². The molecule has 0 saturated carbocycles. The highest BCUT2D eigenvalue weighted by Gasteiger charge is 2.30. The number of aromatic nitrogens is 2. The highest BCUT2D eigenvalue weighted by Crippen LogP contribution is 2.46. The molecule has 0 aliphatic carbocycles. The van der Waals surface area contributed by atoms with Crippen LogP contribution in [0, 0.1) is 0 Å². The van der Waals surface area contributed by atoms with Crippen LogP contribution < -0.4 is 19.5 Å². The second-order valence-electron chi connectivity index (χ2n) is 6.56. The molecule has 156 valence electrons. The van der Waals surface area contributed by atoms with Gasteiger partial charge in [-0.1, -0.05) is 0 Å². The maximum absolute atomic E-state index is 12.3. The van der Waals surface area contributed by atoms with E-state index in [9.17, 15) is 9.90 Å². The summed E-state index contributed by atoms with van der Waals surface area (Å²) < 4.78 is 17.8. The average Bonchev–Trinajstić information content (AvgIpc) is 3.09. The van der Waals surface area contributed by atoms with Crippen LogP contribution in [0.25, 0.3) is 5.69 Å². The zero-order chi connectivity index (χ0) is 21.3. The molecule has 2 heterocycles. The van der Waals surface area contributed by atoms with E-state index in [1.807, 2.05) is 28.8 Å². The van der Waals surface area contributed by atoms with Crippen LogP contribution in [-0.2, 0) is 4.79 Å². The third-order valence-electron chi connectivity index (χ3n) is 4.85. The zero-order valence-electron chi connectivity index (χ0n) is 16.7. The number of thioether (sulfide) groups is 1. The molecule has 0 fully saturated rings. The minimum atomic E-state index is -0.257. The number of carbonyl (C=O) groups excluding carboxylic acids is 1. The number of methoxy groups -OCH3 is 3. The maximum atomic E-state index is 12.3. The number of aromatic hydroxyl groups is 1. The standard InChI is InChI=1S/C21H21N3O5S/c1-27-14-6-4-13(5-7-14)24-11-22-21-18(24)20(30-10-17(25)23-21)12-8-15(28-2)19(26)16(9-12)29-3/h4-9,11,20,26H,10H2,1-3H3,(H,23,25)/t20-/m1/s1. The van der Waals surface area contributed by atoms with Gasteiger partial charge in [-0.05, 0) is 42.0 Å². The summed E-state index contributed by atoms with van der Waals surface area (Å²) in [4.78, 5) is 16.7. The van der Waals surface area contributed by atoms with Crippen molar-refractivity contribution in [2.24, 2.45) is 0 Å². The predicted octanol–water partition coefficient (Wildman–Crippen LogP) is 3.38. The largest absolute Gasteiger partial charge is 0.502 e. The summed E-state index contributed by atoms with van der Waals surface area (Å²) >= 11 is 1.46. The Labute approximate surface area is 177 Å². The van der Waals surface area contributed by atoms with Gasteiger partial charge in [-0.25, -0.2) is 4.98 Å². The third-order valence-corrected chi connectivity index (χ3v) is 6.10. The second kappa shape index (κ2) is 8.19. The Hall–Kier alpha value is -3.33. The molecule has 1 atom stereocenters. The van der Waals surface area contributed by atoms with Gasteiger partial charge in [0.1, 0.15) is 12.1 Å². The Bertz CT molecular complexity index is 1060. The van der Waals surface area contributed by atoms with Crippen molar-refractivity contribution < 1.29 is 24.1 Å². The monoisotopic (exact) mass is 427 g/mol. The summed E-state index contributed by atoms with van der Waals surface area (Å²) in [6.45, 7) is 0. The third kappa shape index (κ3) is 3.52. The number of ether oxygens (including phenoxy) is 3. The lowest BCUT2D eigenvalue weighted by Gasteiger charge is -2.20. The maximum Gasteiger partial charge on any atom is 0.235 e. The van der Waals surface area contributed by atoms with Gasteiger partial charge in [0.25, 0.3) is 0 Å². The van der Waals surface area contributed by atoms with Crippen LogP contribution in [0.4, 0.5) is 5.82 Å². The van der Waals surface area contributed by atoms with E-state index in [-0.39, 0.29) is 22.7 Å². The molecule has 0 spiro atoms. The minimum absolute atomic E-state index is 0.0690. The van der Waals surface area contributed by atoms with E-state index in [1.54, 1.807) is 25.6 Å². The molecule has 2 N–H and O–H groups in total. The van der Waals surface area contributed by atoms with Gasteiger partial charge < -0.3 is 24.6 Å². The number of imidazole rings is 1. The van der Waals surface area contributed by atoms with Gasteiger partial charge in [-0.15, -0.1) is 11.8 Å². The molecule has 30 heavy (non-hydrogen) atoms. The molecule has 1 aromatic heterocycles. The van der Waals surface area contributed by atoms with Crippen molar-refractivity contribution in [1.82, 2.24) is 9.55 Å². The number of phenols is 1. The zero-order valence-corrected chi connectivity index (χ0v) is 17.5. The summed E-state index contributed by atoms with van der Waals surface area (Å²) in [5.41, 5.74) is 2.51. The van der Waals surface area contributed by atoms with Gasteiger partial charge in [0.2, 0.25) is 11.7 Å². The number of carbonyl (C=O) groups is 1. The number of phenolic OH excluding ortho intramolecular Hbond substituents is 1. The van der Waals surface area contributed by atoms with Gasteiger partial charge in [-0.2, -0.15) is 0 Å². The highest BCUT2D eigenvalue weighted by atomic mass is 32.2. The Balaban J connectivity index is 1.87. The first kappa shape index (κ1) is 20.0. The SMILES string of the molecule is COc1ccc(-n2cnc3c2[C@@H](c2cc(OC)c(O)c(OC)c2)SCC(=O)N3)cc1. The molecular weight excluding hydrogens is 406 g/mol. The summed E-state index contributed by atoms with van der Waals surface area (Å²) in [5, 5.41) is 12.9. The van der Waals surface area contributed by atoms with Crippen molar-refractivity contribution in [3.05, 3.63) is 54.0 Å². The second-order valence-corrected chi connectivity index (χ2v) is 7.65. The first-order chi connectivity index (χ1) is 14.5. The lowest BCUT2D eigenvalue weighted by Crippen LogP contribution is -2.12. The molecule has 1 amide bonds. The number of rotatable bonds is 5. The van der Waals surface area contributed by atoms with Crippen LogP contribution in [0.3, 0.4) is 0 Å². The van der Waals surface area contributed by atoms with Gasteiger partial charge in [0, 0.05) is 5.69 Å². The molecule has 0 saturated heterocycles. The summed E-state index contributed by atoms with van der Waals surface area (Å²) in [5.74, 6) is 1.90. The molecule has 8 nitrogen and oxygen atoms in total. The number of anilines is 1. The fourth-order valence-corrected chi connectivity index (χ4v) is 4.48. The first-order valence-corrected chi connectivity index (χ1v) is 10.2. The number of hydrogen-bond acceptors (Lipinski definition) is 7. The molecule has 2 aromatic carbocycles. The van der Waals surface area contributed by atoms with Crippen LogP contribution in [0.2, 0.25) is 0 Å². The Morgan fingerprint density at radius 1 is 1.10 bits per heavy atom. The van der Waals surface area contributed by atoms with E-state index < -0.39 is 0 Å². The van der Waals surface area contributed by atoms with E-state index in [4.69, 9.17) is 14.2 Å². The van der Waals surface area contributed by atoms with E-state index in [0.717, 1.165) is 22.7 Å². The first-order valence-electron chi connectivity index (χ1n) is 9.13. The molecule has 0 unspecified atom stereocenters. The highest BCUT2D eigenvalue weighted by molar-refractivity contribution is 8.00. The van der Waals surface area contributed by atoms with Crippen molar-refractivity contribution in [3.63, 3.8) is 0 Å². The normalized spacial score (nSPS) is 15.7. The van der Waals surface area contributed by atoms with E-state index in [1.165, 1.54) is 26.0 Å². The number of benzene rings is 2. The number of nitrogens with one attached hydrogen (secondary N) is 1. The quantitative estimate of drug-likeness (QED) is 0.645. The lowest BCUT2D eigenvalue weighted by molar-refractivity contribution is -0.113. The molecule has 3 aromatic rings. The Morgan fingerprint density at radius 2 is 1.77 bits per heavy atom. The molecule has 1 aliphatic heterocycles.